The summed E-state index contributed by atoms with van der Waals surface area (Å²) in [6.07, 6.45) is 0.538. The summed E-state index contributed by atoms with van der Waals surface area (Å²) in [6.45, 7) is 4.08. The average Bonchev–Trinajstić information content (AvgIpc) is 3.18. The van der Waals surface area contributed by atoms with Gasteiger partial charge in [0.25, 0.3) is 0 Å². The first-order valence-corrected chi connectivity index (χ1v) is 12.8. The number of carbonyl (C=O) groups is 1. The Labute approximate surface area is 191 Å². The number of fused-ring (bicyclic) bond motifs is 3. The lowest BCUT2D eigenvalue weighted by atomic mass is 9.87. The molecule has 2 aromatic carbocycles. The molecule has 1 amide bonds. The highest BCUT2D eigenvalue weighted by molar-refractivity contribution is 7.89. The monoisotopic (exact) mass is 469 g/mol. The molecule has 0 aliphatic carbocycles. The summed E-state index contributed by atoms with van der Waals surface area (Å²) in [5, 5.41) is 3.00. The van der Waals surface area contributed by atoms with E-state index in [1.165, 1.54) is 15.6 Å². The number of ether oxygens (including phenoxy) is 1. The average molecular weight is 470 g/mol. The van der Waals surface area contributed by atoms with Crippen LogP contribution in [0.25, 0.3) is 0 Å². The van der Waals surface area contributed by atoms with Crippen molar-refractivity contribution in [3.63, 3.8) is 0 Å². The molecule has 0 saturated heterocycles. The van der Waals surface area contributed by atoms with Gasteiger partial charge in [0.15, 0.2) is 5.13 Å². The zero-order chi connectivity index (χ0) is 22.5. The number of rotatable bonds is 4. The van der Waals surface area contributed by atoms with Crippen LogP contribution in [0.2, 0.25) is 0 Å². The molecule has 1 N–H and O–H groups in total. The molecule has 0 fully saturated rings. The van der Waals surface area contributed by atoms with Gasteiger partial charge in [0.05, 0.1) is 16.9 Å². The zero-order valence-corrected chi connectivity index (χ0v) is 19.4. The Morgan fingerprint density at radius 1 is 1.12 bits per heavy atom. The summed E-state index contributed by atoms with van der Waals surface area (Å²) in [5.41, 5.74) is 2.46. The van der Waals surface area contributed by atoms with Crippen LogP contribution in [-0.4, -0.2) is 35.4 Å². The number of nitrogens with zero attached hydrogens (tertiary/aromatic N) is 2. The Balaban J connectivity index is 1.42. The van der Waals surface area contributed by atoms with Crippen LogP contribution in [0.1, 0.15) is 41.5 Å². The van der Waals surface area contributed by atoms with Crippen molar-refractivity contribution >= 4 is 32.4 Å². The number of sulfonamides is 1. The first-order chi connectivity index (χ1) is 15.3. The Morgan fingerprint density at radius 2 is 1.75 bits per heavy atom. The third-order valence-corrected chi connectivity index (χ3v) is 9.04. The van der Waals surface area contributed by atoms with E-state index in [9.17, 15) is 13.2 Å². The van der Waals surface area contributed by atoms with E-state index >= 15 is 0 Å². The maximum atomic E-state index is 13.4. The van der Waals surface area contributed by atoms with Crippen LogP contribution in [0.5, 0.6) is 11.5 Å². The van der Waals surface area contributed by atoms with Crippen LogP contribution in [-0.2, 0) is 27.8 Å². The second-order valence-corrected chi connectivity index (χ2v) is 11.7. The van der Waals surface area contributed by atoms with Crippen molar-refractivity contribution in [2.45, 2.75) is 38.0 Å². The van der Waals surface area contributed by atoms with Gasteiger partial charge < -0.3 is 10.1 Å². The molecule has 5 rings (SSSR count). The van der Waals surface area contributed by atoms with Gasteiger partial charge in [0, 0.05) is 35.5 Å². The molecule has 2 aliphatic heterocycles. The lowest BCUT2D eigenvalue weighted by Crippen LogP contribution is -2.39. The van der Waals surface area contributed by atoms with Gasteiger partial charge in [-0.05, 0) is 26.0 Å². The molecular weight excluding hydrogens is 446 g/mol. The van der Waals surface area contributed by atoms with Crippen molar-refractivity contribution in [3.05, 3.63) is 70.2 Å². The summed E-state index contributed by atoms with van der Waals surface area (Å²) in [4.78, 5) is 18.9. The van der Waals surface area contributed by atoms with Gasteiger partial charge in [-0.3, -0.25) is 4.79 Å². The molecule has 0 bridgehead atoms. The fraction of sp³-hybridized carbons (Fsp3) is 0.304. The lowest BCUT2D eigenvalue weighted by molar-refractivity contribution is -0.116. The second kappa shape index (κ2) is 7.99. The first kappa shape index (κ1) is 21.1. The zero-order valence-electron chi connectivity index (χ0n) is 17.7. The third kappa shape index (κ3) is 3.60. The van der Waals surface area contributed by atoms with E-state index in [0.717, 1.165) is 21.7 Å². The van der Waals surface area contributed by atoms with Gasteiger partial charge in [-0.15, -0.1) is 11.3 Å². The maximum Gasteiger partial charge on any atom is 0.238 e. The molecule has 1 aromatic heterocycles. The molecular formula is C23H23N3O4S2. The second-order valence-electron chi connectivity index (χ2n) is 8.17. The molecule has 0 saturated carbocycles. The smallest absolute Gasteiger partial charge is 0.238 e. The number of anilines is 1. The highest BCUT2D eigenvalue weighted by Crippen LogP contribution is 2.44. The Kier molecular flexibility index (Phi) is 5.27. The molecule has 9 heteroatoms. The van der Waals surface area contributed by atoms with E-state index in [-0.39, 0.29) is 5.91 Å². The predicted molar refractivity (Wildman–Crippen MR) is 124 cm³/mol. The summed E-state index contributed by atoms with van der Waals surface area (Å²) in [5.74, 6) is 0.625. The molecule has 32 heavy (non-hydrogen) atoms. The number of thiazole rings is 1. The van der Waals surface area contributed by atoms with Gasteiger partial charge in [0.1, 0.15) is 11.5 Å². The summed E-state index contributed by atoms with van der Waals surface area (Å²) in [7, 11) is -3.33. The van der Waals surface area contributed by atoms with Crippen molar-refractivity contribution < 1.29 is 17.9 Å². The topological polar surface area (TPSA) is 88.6 Å². The quantitative estimate of drug-likeness (QED) is 0.621. The largest absolute Gasteiger partial charge is 0.457 e. The van der Waals surface area contributed by atoms with Gasteiger partial charge in [-0.2, -0.15) is 4.31 Å². The highest BCUT2D eigenvalue weighted by Gasteiger charge is 2.34. The van der Waals surface area contributed by atoms with Crippen LogP contribution >= 0.6 is 11.3 Å². The van der Waals surface area contributed by atoms with Crippen molar-refractivity contribution in [2.75, 3.05) is 11.9 Å². The minimum absolute atomic E-state index is 0.189. The first-order valence-electron chi connectivity index (χ1n) is 10.5. The van der Waals surface area contributed by atoms with E-state index in [1.807, 2.05) is 48.5 Å². The molecule has 0 atom stereocenters. The van der Waals surface area contributed by atoms with Crippen molar-refractivity contribution in [1.82, 2.24) is 9.29 Å². The molecule has 0 unspecified atom stereocenters. The summed E-state index contributed by atoms with van der Waals surface area (Å²) >= 11 is 1.34. The van der Waals surface area contributed by atoms with E-state index < -0.39 is 21.2 Å². The van der Waals surface area contributed by atoms with Crippen molar-refractivity contribution in [1.29, 1.82) is 0 Å². The van der Waals surface area contributed by atoms with E-state index in [0.29, 0.717) is 36.1 Å². The Bertz CT molecular complexity index is 1250. The molecule has 3 heterocycles. The number of aromatic nitrogens is 1. The van der Waals surface area contributed by atoms with Crippen molar-refractivity contribution in [2.24, 2.45) is 0 Å². The van der Waals surface area contributed by atoms with Gasteiger partial charge >= 0.3 is 0 Å². The summed E-state index contributed by atoms with van der Waals surface area (Å²) < 4.78 is 32.6. The molecule has 166 valence electrons. The molecule has 0 spiro atoms. The Morgan fingerprint density at radius 3 is 2.38 bits per heavy atom. The number of benzene rings is 2. The maximum absolute atomic E-state index is 13.4. The number of amides is 1. The number of hydrogen-bond donors (Lipinski definition) is 1. The minimum Gasteiger partial charge on any atom is -0.457 e. The SMILES string of the molecule is CC(C)S(=O)(=O)N1CCc2nc(NC(=O)C3c4ccccc4Oc4ccccc43)sc2C1. The highest BCUT2D eigenvalue weighted by atomic mass is 32.2. The predicted octanol–water partition coefficient (Wildman–Crippen LogP) is 4.12. The Hall–Kier alpha value is -2.75. The molecule has 0 radical (unpaired) electrons. The number of nitrogens with one attached hydrogen (secondary N) is 1. The van der Waals surface area contributed by atoms with E-state index in [2.05, 4.69) is 10.3 Å². The van der Waals surface area contributed by atoms with Crippen molar-refractivity contribution in [3.8, 4) is 11.5 Å². The standard InChI is InChI=1S/C23H23N3O4S2/c1-14(2)32(28,29)26-12-11-17-20(13-26)31-23(24-17)25-22(27)21-15-7-3-5-9-18(15)30-19-10-6-4-8-16(19)21/h3-10,14,21H,11-13H2,1-2H3,(H,24,25,27). The third-order valence-electron chi connectivity index (χ3n) is 5.82. The van der Waals surface area contributed by atoms with Gasteiger partial charge in [0.2, 0.25) is 15.9 Å². The van der Waals surface area contributed by atoms with Crippen LogP contribution in [0, 0.1) is 0 Å². The van der Waals surface area contributed by atoms with Gasteiger partial charge in [-0.25, -0.2) is 13.4 Å². The fourth-order valence-electron chi connectivity index (χ4n) is 4.11. The molecule has 2 aliphatic rings. The van der Waals surface area contributed by atoms with Crippen LogP contribution in [0.3, 0.4) is 0 Å². The lowest BCUT2D eigenvalue weighted by Gasteiger charge is -2.27. The fourth-order valence-corrected chi connectivity index (χ4v) is 6.47. The normalized spacial score (nSPS) is 16.1. The molecule has 3 aromatic rings. The van der Waals surface area contributed by atoms with Gasteiger partial charge in [-0.1, -0.05) is 36.4 Å². The molecule has 7 nitrogen and oxygen atoms in total. The number of hydrogen-bond acceptors (Lipinski definition) is 6. The minimum atomic E-state index is -3.33. The van der Waals surface area contributed by atoms with E-state index in [4.69, 9.17) is 4.74 Å². The van der Waals surface area contributed by atoms with E-state index in [1.54, 1.807) is 13.8 Å². The van der Waals surface area contributed by atoms with Crippen LogP contribution in [0.4, 0.5) is 5.13 Å². The number of carbonyl (C=O) groups excluding carboxylic acids is 1. The van der Waals surface area contributed by atoms with Crippen LogP contribution < -0.4 is 10.1 Å². The number of para-hydroxylation sites is 2. The summed E-state index contributed by atoms with van der Waals surface area (Å²) in [6, 6.07) is 15.1. The van der Waals surface area contributed by atoms with Crippen LogP contribution in [0.15, 0.2) is 48.5 Å².